The smallest absolute Gasteiger partial charge is 0.304 e. The van der Waals surface area contributed by atoms with Crippen molar-refractivity contribution in [2.45, 2.75) is 19.9 Å². The summed E-state index contributed by atoms with van der Waals surface area (Å²) < 4.78 is 1.80. The van der Waals surface area contributed by atoms with Crippen LogP contribution in [0.3, 0.4) is 0 Å². The summed E-state index contributed by atoms with van der Waals surface area (Å²) in [6.07, 6.45) is 1.74. The molecule has 0 atom stereocenters. The summed E-state index contributed by atoms with van der Waals surface area (Å²) in [7, 11) is 1.84. The molecule has 0 aliphatic rings. The molecule has 0 aliphatic carbocycles. The van der Waals surface area contributed by atoms with Crippen LogP contribution in [0.5, 0.6) is 0 Å². The highest BCUT2D eigenvalue weighted by Crippen LogP contribution is 2.11. The minimum Gasteiger partial charge on any atom is -0.481 e. The van der Waals surface area contributed by atoms with Crippen molar-refractivity contribution in [1.29, 1.82) is 0 Å². The van der Waals surface area contributed by atoms with Crippen LogP contribution in [0, 0.1) is 0 Å². The van der Waals surface area contributed by atoms with Crippen LogP contribution >= 0.6 is 11.6 Å². The molecule has 90 valence electrons. The molecular weight excluding hydrogens is 230 g/mol. The van der Waals surface area contributed by atoms with E-state index in [9.17, 15) is 4.79 Å². The number of hydrogen-bond acceptors (Lipinski definition) is 3. The Morgan fingerprint density at radius 2 is 2.38 bits per heavy atom. The first-order valence-electron chi connectivity index (χ1n) is 5.14. The second kappa shape index (κ2) is 5.86. The Hall–Kier alpha value is -1.07. The van der Waals surface area contributed by atoms with E-state index in [1.807, 2.05) is 18.9 Å². The summed E-state index contributed by atoms with van der Waals surface area (Å²) >= 11 is 5.87. The molecule has 0 saturated heterocycles. The van der Waals surface area contributed by atoms with Crippen LogP contribution in [0.15, 0.2) is 6.20 Å². The first-order valence-corrected chi connectivity index (χ1v) is 5.52. The van der Waals surface area contributed by atoms with E-state index in [1.54, 1.807) is 10.8 Å². The third-order valence-electron chi connectivity index (χ3n) is 2.48. The van der Waals surface area contributed by atoms with Crippen LogP contribution in [-0.2, 0) is 18.4 Å². The molecule has 1 aromatic heterocycles. The van der Waals surface area contributed by atoms with Crippen molar-refractivity contribution >= 4 is 17.6 Å². The van der Waals surface area contributed by atoms with Gasteiger partial charge in [-0.3, -0.25) is 9.69 Å². The van der Waals surface area contributed by atoms with Gasteiger partial charge in [-0.15, -0.1) is 0 Å². The maximum absolute atomic E-state index is 10.5. The van der Waals surface area contributed by atoms with E-state index in [-0.39, 0.29) is 6.42 Å². The van der Waals surface area contributed by atoms with E-state index in [1.165, 1.54) is 0 Å². The second-order valence-electron chi connectivity index (χ2n) is 3.57. The zero-order chi connectivity index (χ0) is 12.1. The van der Waals surface area contributed by atoms with Gasteiger partial charge in [0.1, 0.15) is 11.0 Å². The highest BCUT2D eigenvalue weighted by Gasteiger charge is 2.10. The van der Waals surface area contributed by atoms with E-state index in [4.69, 9.17) is 16.7 Å². The number of aromatic nitrogens is 2. The lowest BCUT2D eigenvalue weighted by Gasteiger charge is -2.18. The molecule has 1 rings (SSSR count). The Balaban J connectivity index is 2.56. The maximum Gasteiger partial charge on any atom is 0.304 e. The van der Waals surface area contributed by atoms with Gasteiger partial charge in [0.2, 0.25) is 0 Å². The standard InChI is InChI=1S/C10H16ClN3O2/c1-3-14(5-4-10(15)16)7-9-12-6-8(11)13(9)2/h6H,3-5,7H2,1-2H3,(H,15,16). The zero-order valence-electron chi connectivity index (χ0n) is 9.48. The molecule has 0 fully saturated rings. The fourth-order valence-corrected chi connectivity index (χ4v) is 1.52. The van der Waals surface area contributed by atoms with Crippen LogP contribution < -0.4 is 0 Å². The molecule has 0 amide bonds. The summed E-state index contributed by atoms with van der Waals surface area (Å²) in [5.41, 5.74) is 0. The van der Waals surface area contributed by atoms with E-state index < -0.39 is 5.97 Å². The highest BCUT2D eigenvalue weighted by molar-refractivity contribution is 6.29. The van der Waals surface area contributed by atoms with Gasteiger partial charge in [-0.2, -0.15) is 0 Å². The Morgan fingerprint density at radius 3 is 2.81 bits per heavy atom. The molecule has 0 saturated carbocycles. The van der Waals surface area contributed by atoms with Gasteiger partial charge in [-0.05, 0) is 6.54 Å². The molecule has 1 N–H and O–H groups in total. The molecule has 16 heavy (non-hydrogen) atoms. The number of carboxylic acid groups (broad SMARTS) is 1. The number of aliphatic carboxylic acids is 1. The van der Waals surface area contributed by atoms with Crippen molar-refractivity contribution in [3.8, 4) is 0 Å². The fourth-order valence-electron chi connectivity index (χ4n) is 1.37. The minimum absolute atomic E-state index is 0.145. The minimum atomic E-state index is -0.781. The molecule has 1 heterocycles. The third-order valence-corrected chi connectivity index (χ3v) is 2.83. The Morgan fingerprint density at radius 1 is 1.69 bits per heavy atom. The largest absolute Gasteiger partial charge is 0.481 e. The summed E-state index contributed by atoms with van der Waals surface area (Å²) in [5.74, 6) is 0.0635. The van der Waals surface area contributed by atoms with Gasteiger partial charge >= 0.3 is 5.97 Å². The highest BCUT2D eigenvalue weighted by atomic mass is 35.5. The normalized spacial score (nSPS) is 11.0. The van der Waals surface area contributed by atoms with Gasteiger partial charge in [0.25, 0.3) is 0 Å². The van der Waals surface area contributed by atoms with Crippen LogP contribution in [-0.4, -0.2) is 38.6 Å². The van der Waals surface area contributed by atoms with Gasteiger partial charge < -0.3 is 9.67 Å². The predicted octanol–water partition coefficient (Wildman–Crippen LogP) is 1.37. The number of imidazole rings is 1. The number of carbonyl (C=O) groups is 1. The number of nitrogens with zero attached hydrogens (tertiary/aromatic N) is 3. The Bertz CT molecular complexity index is 365. The van der Waals surface area contributed by atoms with Crippen LogP contribution in [0.25, 0.3) is 0 Å². The van der Waals surface area contributed by atoms with Gasteiger partial charge in [-0.25, -0.2) is 4.98 Å². The van der Waals surface area contributed by atoms with E-state index in [0.717, 1.165) is 12.4 Å². The van der Waals surface area contributed by atoms with Crippen LogP contribution in [0.4, 0.5) is 0 Å². The van der Waals surface area contributed by atoms with E-state index in [0.29, 0.717) is 18.2 Å². The maximum atomic E-state index is 10.5. The van der Waals surface area contributed by atoms with E-state index >= 15 is 0 Å². The lowest BCUT2D eigenvalue weighted by Crippen LogP contribution is -2.27. The fraction of sp³-hybridized carbons (Fsp3) is 0.600. The van der Waals surface area contributed by atoms with Crippen LogP contribution in [0.2, 0.25) is 5.15 Å². The summed E-state index contributed by atoms with van der Waals surface area (Å²) in [6, 6.07) is 0. The SMILES string of the molecule is CCN(CCC(=O)O)Cc1ncc(Cl)n1C. The quantitative estimate of drug-likeness (QED) is 0.823. The summed E-state index contributed by atoms with van der Waals surface area (Å²) in [5, 5.41) is 9.20. The van der Waals surface area contributed by atoms with Crippen molar-refractivity contribution in [2.24, 2.45) is 7.05 Å². The summed E-state index contributed by atoms with van der Waals surface area (Å²) in [4.78, 5) is 16.7. The molecular formula is C10H16ClN3O2. The van der Waals surface area contributed by atoms with Crippen LogP contribution in [0.1, 0.15) is 19.2 Å². The Labute approximate surface area is 99.6 Å². The molecule has 0 spiro atoms. The van der Waals surface area contributed by atoms with Crippen molar-refractivity contribution in [3.63, 3.8) is 0 Å². The number of hydrogen-bond donors (Lipinski definition) is 1. The van der Waals surface area contributed by atoms with Gasteiger partial charge in [0, 0.05) is 13.6 Å². The van der Waals surface area contributed by atoms with Gasteiger partial charge in [-0.1, -0.05) is 18.5 Å². The topological polar surface area (TPSA) is 58.4 Å². The molecule has 5 nitrogen and oxygen atoms in total. The average molecular weight is 246 g/mol. The first-order chi connectivity index (χ1) is 7.54. The number of halogens is 1. The van der Waals surface area contributed by atoms with Gasteiger partial charge in [0.15, 0.2) is 0 Å². The average Bonchev–Trinajstić information content (AvgIpc) is 2.55. The molecule has 1 aromatic rings. The molecule has 6 heteroatoms. The molecule has 0 bridgehead atoms. The Kier molecular flexibility index (Phi) is 4.76. The number of carboxylic acids is 1. The third kappa shape index (κ3) is 3.50. The first kappa shape index (κ1) is 13.0. The van der Waals surface area contributed by atoms with Crippen molar-refractivity contribution < 1.29 is 9.90 Å². The number of rotatable bonds is 6. The molecule has 0 aromatic carbocycles. The van der Waals surface area contributed by atoms with Gasteiger partial charge in [0.05, 0.1) is 19.2 Å². The predicted molar refractivity (Wildman–Crippen MR) is 61.4 cm³/mol. The lowest BCUT2D eigenvalue weighted by molar-refractivity contribution is -0.137. The van der Waals surface area contributed by atoms with Crippen molar-refractivity contribution in [3.05, 3.63) is 17.2 Å². The van der Waals surface area contributed by atoms with Crippen molar-refractivity contribution in [2.75, 3.05) is 13.1 Å². The molecule has 0 unspecified atom stereocenters. The zero-order valence-corrected chi connectivity index (χ0v) is 10.2. The lowest BCUT2D eigenvalue weighted by atomic mass is 10.3. The summed E-state index contributed by atoms with van der Waals surface area (Å²) in [6.45, 7) is 3.92. The van der Waals surface area contributed by atoms with Crippen molar-refractivity contribution in [1.82, 2.24) is 14.5 Å². The second-order valence-corrected chi connectivity index (χ2v) is 3.96. The monoisotopic (exact) mass is 245 g/mol. The van der Waals surface area contributed by atoms with E-state index in [2.05, 4.69) is 4.98 Å². The molecule has 0 radical (unpaired) electrons. The molecule has 0 aliphatic heterocycles.